The molecule has 40 heavy (non-hydrogen) atoms. The summed E-state index contributed by atoms with van der Waals surface area (Å²) in [6, 6.07) is 6.16. The van der Waals surface area contributed by atoms with Crippen molar-refractivity contribution in [3.8, 4) is 0 Å². The topological polar surface area (TPSA) is 101 Å². The second-order valence-electron chi connectivity index (χ2n) is 10.5. The van der Waals surface area contributed by atoms with Crippen molar-refractivity contribution in [1.29, 1.82) is 0 Å². The lowest BCUT2D eigenvalue weighted by molar-refractivity contribution is -0.138. The molecule has 220 valence electrons. The zero-order chi connectivity index (χ0) is 30.1. The van der Waals surface area contributed by atoms with Gasteiger partial charge in [-0.25, -0.2) is 22.8 Å². The molecular formula is C26H31F5N4O4S. The van der Waals surface area contributed by atoms with Gasteiger partial charge < -0.3 is 15.0 Å². The maximum atomic E-state index is 14.0. The molecule has 1 atom stereocenters. The molecule has 8 nitrogen and oxygen atoms in total. The Balaban J connectivity index is 1.99. The van der Waals surface area contributed by atoms with E-state index in [2.05, 4.69) is 14.7 Å². The van der Waals surface area contributed by atoms with Gasteiger partial charge in [-0.15, -0.1) is 4.36 Å². The molecule has 0 spiro atoms. The van der Waals surface area contributed by atoms with Crippen LogP contribution in [0, 0.1) is 6.92 Å². The molecule has 2 aromatic rings. The minimum absolute atomic E-state index is 0.0546. The number of halogens is 5. The van der Waals surface area contributed by atoms with Crippen LogP contribution in [0.2, 0.25) is 0 Å². The monoisotopic (exact) mass is 590 g/mol. The molecule has 1 aromatic heterocycles. The number of rotatable bonds is 4. The average Bonchev–Trinajstić information content (AvgIpc) is 2.96. The molecule has 0 aliphatic carbocycles. The maximum absolute atomic E-state index is 14.0. The van der Waals surface area contributed by atoms with Crippen LogP contribution in [-0.2, 0) is 20.6 Å². The highest BCUT2D eigenvalue weighted by atomic mass is 32.2. The second-order valence-corrected chi connectivity index (χ2v) is 12.8. The van der Waals surface area contributed by atoms with E-state index >= 15 is 0 Å². The standard InChI is InChI=1S/C26H31F5N4O4S/c1-16-20(26(29,30)31)15-19(21(32-16)35-12-7-10-25(27,28)11-13-35)22(36)33-17-8-6-9-18(14-17)40(5,38)34-23(37)39-24(2,3)4/h6,8-9,14-15H,7,10-13H2,1-5H3,(H,33,36). The van der Waals surface area contributed by atoms with Crippen LogP contribution >= 0.6 is 0 Å². The fourth-order valence-electron chi connectivity index (χ4n) is 4.05. The van der Waals surface area contributed by atoms with Gasteiger partial charge in [0.05, 0.1) is 26.5 Å². The zero-order valence-electron chi connectivity index (χ0n) is 22.7. The lowest BCUT2D eigenvalue weighted by Crippen LogP contribution is -2.30. The van der Waals surface area contributed by atoms with Crippen molar-refractivity contribution < 1.29 is 40.5 Å². The average molecular weight is 591 g/mol. The van der Waals surface area contributed by atoms with Gasteiger partial charge in [0, 0.05) is 42.8 Å². The van der Waals surface area contributed by atoms with E-state index in [9.17, 15) is 35.8 Å². The fourth-order valence-corrected chi connectivity index (χ4v) is 5.15. The lowest BCUT2D eigenvalue weighted by atomic mass is 10.1. The number of pyridine rings is 1. The molecule has 2 heterocycles. The van der Waals surface area contributed by atoms with E-state index in [-0.39, 0.29) is 42.3 Å². The van der Waals surface area contributed by atoms with Gasteiger partial charge in [0.2, 0.25) is 5.92 Å². The number of benzene rings is 1. The van der Waals surface area contributed by atoms with E-state index < -0.39 is 62.7 Å². The molecule has 14 heteroatoms. The highest BCUT2D eigenvalue weighted by molar-refractivity contribution is 7.93. The summed E-state index contributed by atoms with van der Waals surface area (Å²) >= 11 is 0. The summed E-state index contributed by atoms with van der Waals surface area (Å²) in [5.74, 6) is -4.06. The second kappa shape index (κ2) is 11.3. The van der Waals surface area contributed by atoms with Crippen molar-refractivity contribution in [3.63, 3.8) is 0 Å². The first-order chi connectivity index (χ1) is 18.3. The van der Waals surface area contributed by atoms with E-state index in [1.54, 1.807) is 20.8 Å². The van der Waals surface area contributed by atoms with Crippen LogP contribution in [0.15, 0.2) is 39.6 Å². The van der Waals surface area contributed by atoms with Crippen LogP contribution in [0.4, 0.5) is 38.3 Å². The number of carbonyl (C=O) groups excluding carboxylic acids is 2. The Labute approximate surface area is 229 Å². The molecule has 1 N–H and O–H groups in total. The van der Waals surface area contributed by atoms with Gasteiger partial charge in [0.15, 0.2) is 0 Å². The van der Waals surface area contributed by atoms with E-state index in [1.807, 2.05) is 0 Å². The molecule has 1 aromatic carbocycles. The summed E-state index contributed by atoms with van der Waals surface area (Å²) in [6.07, 6.45) is -5.53. The van der Waals surface area contributed by atoms with Crippen molar-refractivity contribution >= 4 is 33.2 Å². The highest BCUT2D eigenvalue weighted by Crippen LogP contribution is 2.36. The van der Waals surface area contributed by atoms with Gasteiger partial charge >= 0.3 is 12.3 Å². The third-order valence-electron chi connectivity index (χ3n) is 5.93. The summed E-state index contributed by atoms with van der Waals surface area (Å²) in [6.45, 7) is 5.85. The minimum Gasteiger partial charge on any atom is -0.442 e. The Bertz CT molecular complexity index is 1410. The first-order valence-electron chi connectivity index (χ1n) is 12.4. The van der Waals surface area contributed by atoms with Crippen LogP contribution < -0.4 is 10.2 Å². The van der Waals surface area contributed by atoms with Crippen molar-refractivity contribution in [2.45, 2.75) is 69.6 Å². The predicted molar refractivity (Wildman–Crippen MR) is 140 cm³/mol. The molecule has 0 saturated carbocycles. The van der Waals surface area contributed by atoms with Gasteiger partial charge in [0.25, 0.3) is 5.91 Å². The summed E-state index contributed by atoms with van der Waals surface area (Å²) in [7, 11) is -3.32. The molecule has 1 unspecified atom stereocenters. The first-order valence-corrected chi connectivity index (χ1v) is 14.3. The van der Waals surface area contributed by atoms with Gasteiger partial charge in [-0.1, -0.05) is 6.07 Å². The zero-order valence-corrected chi connectivity index (χ0v) is 23.5. The summed E-state index contributed by atoms with van der Waals surface area (Å²) < 4.78 is 90.8. The number of anilines is 2. The number of nitrogens with zero attached hydrogens (tertiary/aromatic N) is 3. The molecule has 1 fully saturated rings. The molecular weight excluding hydrogens is 559 g/mol. The Hall–Kier alpha value is -3.29. The Kier molecular flexibility index (Phi) is 8.82. The van der Waals surface area contributed by atoms with Crippen LogP contribution in [0.1, 0.15) is 61.6 Å². The third-order valence-corrected chi connectivity index (χ3v) is 7.56. The van der Waals surface area contributed by atoms with E-state index in [0.717, 1.165) is 6.92 Å². The molecule has 0 bridgehead atoms. The normalized spacial score (nSPS) is 17.4. The van der Waals surface area contributed by atoms with Crippen molar-refractivity contribution in [2.75, 3.05) is 29.6 Å². The molecule has 0 radical (unpaired) electrons. The lowest BCUT2D eigenvalue weighted by Gasteiger charge is -2.25. The van der Waals surface area contributed by atoms with Gasteiger partial charge in [-0.3, -0.25) is 4.79 Å². The van der Waals surface area contributed by atoms with Crippen LogP contribution in [0.5, 0.6) is 0 Å². The predicted octanol–water partition coefficient (Wildman–Crippen LogP) is 6.68. The van der Waals surface area contributed by atoms with Crippen LogP contribution in [0.25, 0.3) is 0 Å². The SMILES string of the molecule is Cc1nc(N2CCCC(F)(F)CC2)c(C(=O)Nc2cccc(S(C)(=O)=NC(=O)OC(C)(C)C)c2)cc1C(F)(F)F. The van der Waals surface area contributed by atoms with Crippen molar-refractivity contribution in [1.82, 2.24) is 4.98 Å². The number of aryl methyl sites for hydroxylation is 1. The van der Waals surface area contributed by atoms with Gasteiger partial charge in [0.1, 0.15) is 11.4 Å². The largest absolute Gasteiger partial charge is 0.442 e. The van der Waals surface area contributed by atoms with Crippen LogP contribution in [-0.4, -0.2) is 52.1 Å². The number of carbonyl (C=O) groups is 2. The smallest absolute Gasteiger partial charge is 0.442 e. The van der Waals surface area contributed by atoms with Crippen molar-refractivity contribution in [3.05, 3.63) is 47.2 Å². The van der Waals surface area contributed by atoms with E-state index in [0.29, 0.717) is 6.07 Å². The summed E-state index contributed by atoms with van der Waals surface area (Å²) in [4.78, 5) is 30.9. The van der Waals surface area contributed by atoms with E-state index in [1.165, 1.54) is 35.4 Å². The number of nitrogens with one attached hydrogen (secondary N) is 1. The summed E-state index contributed by atoms with van der Waals surface area (Å²) in [5, 5.41) is 2.47. The Morgan fingerprint density at radius 2 is 1.80 bits per heavy atom. The number of ether oxygens (including phenoxy) is 1. The number of hydrogen-bond acceptors (Lipinski definition) is 6. The Morgan fingerprint density at radius 3 is 2.42 bits per heavy atom. The quantitative estimate of drug-likeness (QED) is 0.399. The number of alkyl halides is 5. The molecule has 2 amide bonds. The van der Waals surface area contributed by atoms with Gasteiger partial charge in [-0.2, -0.15) is 13.2 Å². The number of amides is 2. The first kappa shape index (κ1) is 31.2. The van der Waals surface area contributed by atoms with E-state index in [4.69, 9.17) is 4.74 Å². The molecule has 1 aliphatic heterocycles. The summed E-state index contributed by atoms with van der Waals surface area (Å²) in [5.41, 5.74) is -2.80. The molecule has 3 rings (SSSR count). The molecule has 1 saturated heterocycles. The number of hydrogen-bond donors (Lipinski definition) is 1. The van der Waals surface area contributed by atoms with Crippen LogP contribution in [0.3, 0.4) is 0 Å². The molecule has 1 aliphatic rings. The highest BCUT2D eigenvalue weighted by Gasteiger charge is 2.37. The Morgan fingerprint density at radius 1 is 1.12 bits per heavy atom. The van der Waals surface area contributed by atoms with Gasteiger partial charge in [-0.05, 0) is 58.4 Å². The number of aromatic nitrogens is 1. The fraction of sp³-hybridized carbons (Fsp3) is 0.500. The van der Waals surface area contributed by atoms with Crippen molar-refractivity contribution in [2.24, 2.45) is 4.36 Å². The maximum Gasteiger partial charge on any atom is 0.442 e. The third kappa shape index (κ3) is 8.12. The minimum atomic E-state index is -4.81.